The number of aryl methyl sites for hydroxylation is 1. The number of rotatable bonds is 5. The molecule has 2 aliphatic rings. The van der Waals surface area contributed by atoms with Crippen LogP contribution in [0.1, 0.15) is 95.2 Å². The number of benzene rings is 1. The standard InChI is InChI=1S/C25H35N/c1-19(2)20-10-12-22-21(18-20)11-13-23-24(3,14-7-5-6-8-17-26)15-9-16-25(22,23)4/h7,10,12,14,18-19,23H,5-6,8-9,11,13,15-16H2,1-4H3/b14-7-/t23-,24+,25+/m0/s1. The van der Waals surface area contributed by atoms with Crippen molar-refractivity contribution in [1.29, 1.82) is 5.26 Å². The Morgan fingerprint density at radius 1 is 1.27 bits per heavy atom. The van der Waals surface area contributed by atoms with E-state index in [0.29, 0.717) is 23.2 Å². The van der Waals surface area contributed by atoms with Gasteiger partial charge in [0.05, 0.1) is 6.07 Å². The molecule has 1 nitrogen and oxygen atoms in total. The van der Waals surface area contributed by atoms with Gasteiger partial charge in [0.25, 0.3) is 0 Å². The first-order valence-electron chi connectivity index (χ1n) is 10.6. The van der Waals surface area contributed by atoms with Crippen molar-refractivity contribution in [3.63, 3.8) is 0 Å². The number of unbranched alkanes of at least 4 members (excludes halogenated alkanes) is 2. The van der Waals surface area contributed by atoms with Crippen molar-refractivity contribution >= 4 is 0 Å². The maximum Gasteiger partial charge on any atom is 0.0621 e. The van der Waals surface area contributed by atoms with Crippen LogP contribution in [0.4, 0.5) is 0 Å². The van der Waals surface area contributed by atoms with Crippen molar-refractivity contribution in [3.8, 4) is 6.07 Å². The van der Waals surface area contributed by atoms with Gasteiger partial charge in [-0.3, -0.25) is 0 Å². The van der Waals surface area contributed by atoms with Crippen LogP contribution in [0.15, 0.2) is 30.4 Å². The monoisotopic (exact) mass is 349 g/mol. The summed E-state index contributed by atoms with van der Waals surface area (Å²) in [5.74, 6) is 1.34. The molecule has 0 spiro atoms. The molecular formula is C25H35N. The zero-order valence-corrected chi connectivity index (χ0v) is 17.1. The molecule has 0 aromatic heterocycles. The number of fused-ring (bicyclic) bond motifs is 3. The Morgan fingerprint density at radius 2 is 2.08 bits per heavy atom. The second kappa shape index (κ2) is 7.59. The van der Waals surface area contributed by atoms with Crippen LogP contribution in [-0.4, -0.2) is 0 Å². The first kappa shape index (κ1) is 19.2. The molecule has 1 aromatic carbocycles. The van der Waals surface area contributed by atoms with Crippen LogP contribution >= 0.6 is 0 Å². The van der Waals surface area contributed by atoms with Crippen LogP contribution in [0, 0.1) is 22.7 Å². The molecule has 26 heavy (non-hydrogen) atoms. The lowest BCUT2D eigenvalue weighted by atomic mass is 9.49. The summed E-state index contributed by atoms with van der Waals surface area (Å²) in [6.45, 7) is 9.61. The SMILES string of the molecule is CC(C)c1ccc2c(c1)CC[C@H]1[C@](C)(/C=C\CCCC#N)CCC[C@]21C. The van der Waals surface area contributed by atoms with Gasteiger partial charge in [0.1, 0.15) is 0 Å². The number of nitriles is 1. The number of nitrogens with zero attached hydrogens (tertiary/aromatic N) is 1. The molecule has 1 saturated carbocycles. The fourth-order valence-corrected chi connectivity index (χ4v) is 5.77. The van der Waals surface area contributed by atoms with E-state index in [-0.39, 0.29) is 0 Å². The van der Waals surface area contributed by atoms with E-state index in [0.717, 1.165) is 18.8 Å². The Balaban J connectivity index is 1.87. The van der Waals surface area contributed by atoms with Gasteiger partial charge < -0.3 is 0 Å². The lowest BCUT2D eigenvalue weighted by molar-refractivity contribution is 0.0629. The third kappa shape index (κ3) is 3.48. The average Bonchev–Trinajstić information content (AvgIpc) is 2.61. The van der Waals surface area contributed by atoms with E-state index in [1.54, 1.807) is 11.1 Å². The highest BCUT2D eigenvalue weighted by atomic mass is 14.5. The van der Waals surface area contributed by atoms with Crippen LogP contribution < -0.4 is 0 Å². The molecule has 1 heteroatoms. The Morgan fingerprint density at radius 3 is 2.81 bits per heavy atom. The van der Waals surface area contributed by atoms with Gasteiger partial charge in [0.15, 0.2) is 0 Å². The minimum absolute atomic E-state index is 0.300. The molecule has 2 aliphatic carbocycles. The van der Waals surface area contributed by atoms with Crippen LogP contribution in [0.3, 0.4) is 0 Å². The smallest absolute Gasteiger partial charge is 0.0621 e. The predicted octanol–water partition coefficient (Wildman–Crippen LogP) is 7.07. The van der Waals surface area contributed by atoms with E-state index >= 15 is 0 Å². The Labute approximate surface area is 160 Å². The fraction of sp³-hybridized carbons (Fsp3) is 0.640. The topological polar surface area (TPSA) is 23.8 Å². The predicted molar refractivity (Wildman–Crippen MR) is 110 cm³/mol. The molecule has 0 bridgehead atoms. The molecule has 3 rings (SSSR count). The van der Waals surface area contributed by atoms with Gasteiger partial charge in [-0.05, 0) is 77.9 Å². The average molecular weight is 350 g/mol. The molecule has 0 radical (unpaired) electrons. The van der Waals surface area contributed by atoms with Gasteiger partial charge in [0.2, 0.25) is 0 Å². The Hall–Kier alpha value is -1.55. The molecule has 0 saturated heterocycles. The molecule has 0 heterocycles. The minimum Gasteiger partial charge on any atom is -0.198 e. The van der Waals surface area contributed by atoms with Crippen molar-refractivity contribution in [3.05, 3.63) is 47.0 Å². The summed E-state index contributed by atoms with van der Waals surface area (Å²) in [5.41, 5.74) is 5.34. The maximum absolute atomic E-state index is 8.73. The van der Waals surface area contributed by atoms with Crippen molar-refractivity contribution in [2.45, 2.75) is 90.4 Å². The summed E-state index contributed by atoms with van der Waals surface area (Å²) in [7, 11) is 0. The Kier molecular flexibility index (Phi) is 5.61. The third-order valence-electron chi connectivity index (χ3n) is 7.25. The van der Waals surface area contributed by atoms with Crippen LogP contribution in [0.25, 0.3) is 0 Å². The molecule has 1 fully saturated rings. The quantitative estimate of drug-likeness (QED) is 0.412. The highest BCUT2D eigenvalue weighted by Crippen LogP contribution is 2.57. The van der Waals surface area contributed by atoms with Crippen LogP contribution in [0.5, 0.6) is 0 Å². The van der Waals surface area contributed by atoms with E-state index in [4.69, 9.17) is 5.26 Å². The zero-order chi connectivity index (χ0) is 18.8. The summed E-state index contributed by atoms with van der Waals surface area (Å²) >= 11 is 0. The van der Waals surface area contributed by atoms with E-state index in [2.05, 4.69) is 64.1 Å². The highest BCUT2D eigenvalue weighted by molar-refractivity contribution is 5.42. The fourth-order valence-electron chi connectivity index (χ4n) is 5.77. The molecular weight excluding hydrogens is 314 g/mol. The van der Waals surface area contributed by atoms with E-state index in [9.17, 15) is 0 Å². The van der Waals surface area contributed by atoms with Crippen molar-refractivity contribution in [2.75, 3.05) is 0 Å². The van der Waals surface area contributed by atoms with Gasteiger partial charge >= 0.3 is 0 Å². The van der Waals surface area contributed by atoms with Crippen molar-refractivity contribution < 1.29 is 0 Å². The van der Waals surface area contributed by atoms with Crippen molar-refractivity contribution in [1.82, 2.24) is 0 Å². The van der Waals surface area contributed by atoms with Gasteiger partial charge in [-0.25, -0.2) is 0 Å². The van der Waals surface area contributed by atoms with Gasteiger partial charge in [-0.15, -0.1) is 0 Å². The number of hydrogen-bond donors (Lipinski definition) is 0. The summed E-state index contributed by atoms with van der Waals surface area (Å²) < 4.78 is 0. The summed E-state index contributed by atoms with van der Waals surface area (Å²) in [5, 5.41) is 8.73. The maximum atomic E-state index is 8.73. The highest BCUT2D eigenvalue weighted by Gasteiger charge is 2.50. The minimum atomic E-state index is 0.300. The van der Waals surface area contributed by atoms with Gasteiger partial charge in [-0.2, -0.15) is 5.26 Å². The Bertz CT molecular complexity index is 707. The third-order valence-corrected chi connectivity index (χ3v) is 7.25. The van der Waals surface area contributed by atoms with Crippen LogP contribution in [0.2, 0.25) is 0 Å². The molecule has 3 atom stereocenters. The van der Waals surface area contributed by atoms with Gasteiger partial charge in [-0.1, -0.05) is 64.5 Å². The van der Waals surface area contributed by atoms with Crippen molar-refractivity contribution in [2.24, 2.45) is 11.3 Å². The van der Waals surface area contributed by atoms with Gasteiger partial charge in [0, 0.05) is 6.42 Å². The molecule has 0 amide bonds. The molecule has 0 N–H and O–H groups in total. The second-order valence-corrected chi connectivity index (χ2v) is 9.39. The van der Waals surface area contributed by atoms with E-state index in [1.807, 2.05) is 0 Å². The van der Waals surface area contributed by atoms with Crippen LogP contribution in [-0.2, 0) is 11.8 Å². The number of allylic oxidation sites excluding steroid dienone is 2. The summed E-state index contributed by atoms with van der Waals surface area (Å²) in [4.78, 5) is 0. The molecule has 0 unspecified atom stereocenters. The largest absolute Gasteiger partial charge is 0.198 e. The molecule has 0 aliphatic heterocycles. The number of hydrogen-bond acceptors (Lipinski definition) is 1. The zero-order valence-electron chi connectivity index (χ0n) is 17.1. The van der Waals surface area contributed by atoms with E-state index < -0.39 is 0 Å². The normalized spacial score (nSPS) is 30.8. The van der Waals surface area contributed by atoms with E-state index in [1.165, 1.54) is 37.7 Å². The molecule has 1 aromatic rings. The summed E-state index contributed by atoms with van der Waals surface area (Å²) in [6.07, 6.45) is 14.1. The second-order valence-electron chi connectivity index (χ2n) is 9.39. The molecule has 140 valence electrons. The first-order valence-corrected chi connectivity index (χ1v) is 10.6. The summed E-state index contributed by atoms with van der Waals surface area (Å²) in [6, 6.07) is 9.58. The lowest BCUT2D eigenvalue weighted by Gasteiger charge is -2.54. The first-order chi connectivity index (χ1) is 12.4. The lowest BCUT2D eigenvalue weighted by Crippen LogP contribution is -2.48.